The molecule has 3 heterocycles. The number of rotatable bonds is 5. The largest absolute Gasteiger partial charge is 0.349 e. The van der Waals surface area contributed by atoms with E-state index >= 15 is 0 Å². The predicted octanol–water partition coefficient (Wildman–Crippen LogP) is 5.52. The van der Waals surface area contributed by atoms with Gasteiger partial charge in [-0.25, -0.2) is 15.1 Å². The van der Waals surface area contributed by atoms with Crippen LogP contribution in [0.5, 0.6) is 0 Å². The summed E-state index contributed by atoms with van der Waals surface area (Å²) in [6.45, 7) is 1.84. The van der Waals surface area contributed by atoms with Crippen LogP contribution in [0.25, 0.3) is 0 Å². The van der Waals surface area contributed by atoms with Gasteiger partial charge in [-0.3, -0.25) is 4.79 Å². The van der Waals surface area contributed by atoms with Gasteiger partial charge in [0.15, 0.2) is 10.2 Å². The number of nitriles is 1. The van der Waals surface area contributed by atoms with Crippen molar-refractivity contribution in [2.45, 2.75) is 14.0 Å². The Morgan fingerprint density at radius 2 is 2.03 bits per heavy atom. The maximum atomic E-state index is 11.9. The maximum absolute atomic E-state index is 11.9. The highest BCUT2D eigenvalue weighted by atomic mass is 127. The highest BCUT2D eigenvalue weighted by Gasteiger charge is 2.21. The van der Waals surface area contributed by atoms with Crippen molar-refractivity contribution in [2.24, 2.45) is 5.10 Å². The number of hydrazone groups is 1. The third kappa shape index (κ3) is 9.24. The van der Waals surface area contributed by atoms with Gasteiger partial charge in [0.2, 0.25) is 0 Å². The summed E-state index contributed by atoms with van der Waals surface area (Å²) >= 11 is 18.1. The molecule has 1 aliphatic heterocycles. The zero-order valence-electron chi connectivity index (χ0n) is 18.0. The molecule has 0 saturated carbocycles. The fourth-order valence-corrected chi connectivity index (χ4v) is 4.06. The van der Waals surface area contributed by atoms with Crippen LogP contribution in [0.15, 0.2) is 47.7 Å². The van der Waals surface area contributed by atoms with Crippen molar-refractivity contribution in [1.82, 2.24) is 19.6 Å². The van der Waals surface area contributed by atoms with Crippen molar-refractivity contribution >= 4 is 87.9 Å². The van der Waals surface area contributed by atoms with Crippen LogP contribution < -0.4 is 10.6 Å². The van der Waals surface area contributed by atoms with E-state index in [1.54, 1.807) is 41.4 Å². The zero-order chi connectivity index (χ0) is 25.4. The Balaban J connectivity index is 0.000000351. The van der Waals surface area contributed by atoms with Crippen LogP contribution in [0.3, 0.4) is 0 Å². The molecule has 0 spiro atoms. The topological polar surface area (TPSA) is 149 Å². The van der Waals surface area contributed by atoms with Gasteiger partial charge in [-0.15, -0.1) is 24.0 Å². The van der Waals surface area contributed by atoms with Gasteiger partial charge in [-0.05, 0) is 35.3 Å². The second-order valence-corrected chi connectivity index (χ2v) is 8.62. The molecule has 1 amide bonds. The molecule has 11 nitrogen and oxygen atoms in total. The van der Waals surface area contributed by atoms with Crippen molar-refractivity contribution in [1.29, 1.82) is 5.26 Å². The Morgan fingerprint density at radius 3 is 2.62 bits per heavy atom. The van der Waals surface area contributed by atoms with Crippen LogP contribution in [0.4, 0.5) is 5.69 Å². The summed E-state index contributed by atoms with van der Waals surface area (Å²) < 4.78 is 3.77. The summed E-state index contributed by atoms with van der Waals surface area (Å²) in [6, 6.07) is 12.2. The van der Waals surface area contributed by atoms with Crippen LogP contribution in [-0.2, 0) is 6.54 Å². The van der Waals surface area contributed by atoms with Crippen LogP contribution in [0.2, 0.25) is 15.3 Å². The van der Waals surface area contributed by atoms with E-state index in [9.17, 15) is 14.9 Å². The van der Waals surface area contributed by atoms with Gasteiger partial charge in [0, 0.05) is 25.8 Å². The van der Waals surface area contributed by atoms with E-state index in [4.69, 9.17) is 40.1 Å². The lowest BCUT2D eigenvalue weighted by molar-refractivity contribution is -0.485. The number of para-hydroxylation sites is 1. The van der Waals surface area contributed by atoms with E-state index in [0.717, 1.165) is 17.1 Å². The van der Waals surface area contributed by atoms with Crippen LogP contribution in [-0.4, -0.2) is 44.2 Å². The monoisotopic (exact) mass is 696 g/mol. The molecule has 1 aliphatic rings. The second kappa shape index (κ2) is 15.5. The number of benzene rings is 1. The average molecular weight is 698 g/mol. The molecule has 1 aromatic carbocycles. The number of amides is 1. The Bertz CT molecular complexity index is 1300. The number of halogens is 4. The molecule has 3 aromatic rings. The Morgan fingerprint density at radius 1 is 1.30 bits per heavy atom. The molecule has 196 valence electrons. The summed E-state index contributed by atoms with van der Waals surface area (Å²) in [6.07, 6.45) is 1.64. The number of pyridine rings is 1. The number of nitrogens with zero attached hydrogens (tertiary/aromatic N) is 6. The molecule has 0 radical (unpaired) electrons. The predicted molar refractivity (Wildman–Crippen MR) is 155 cm³/mol. The van der Waals surface area contributed by atoms with Gasteiger partial charge >= 0.3 is 0 Å². The molecule has 1 saturated heterocycles. The maximum Gasteiger partial charge on any atom is 0.271 e. The Hall–Kier alpha value is -2.77. The summed E-state index contributed by atoms with van der Waals surface area (Å²) in [5, 5.41) is 27.9. The second-order valence-electron chi connectivity index (χ2n) is 6.73. The normalized spacial score (nSPS) is 12.7. The lowest BCUT2D eigenvalue weighted by Crippen LogP contribution is -2.30. The van der Waals surface area contributed by atoms with Crippen molar-refractivity contribution in [3.05, 3.63) is 84.0 Å². The molecule has 4 rings (SSSR count). The van der Waals surface area contributed by atoms with E-state index in [-0.39, 0.29) is 52.4 Å². The van der Waals surface area contributed by atoms with E-state index in [1.165, 1.54) is 0 Å². The fraction of sp³-hybridized carbons (Fsp3) is 0.190. The van der Waals surface area contributed by atoms with Crippen molar-refractivity contribution in [3.8, 4) is 6.07 Å². The molecular formula is C21H20Cl3IN8O3S. The molecule has 2 N–H and O–H groups in total. The molecule has 0 unspecified atom stereocenters. The van der Waals surface area contributed by atoms with Gasteiger partial charge < -0.3 is 15.5 Å². The minimum atomic E-state index is -0.708. The smallest absolute Gasteiger partial charge is 0.271 e. The SMILES string of the molecule is C.I.N#Cc1ccccc1NC(=O)c1snc(Cl)c1Cl.O=[N+]([O-])/N=C1\NCCN1Cc1ccc(Cl)nc1. The van der Waals surface area contributed by atoms with Gasteiger partial charge in [-0.1, -0.05) is 60.4 Å². The van der Waals surface area contributed by atoms with Crippen molar-refractivity contribution < 1.29 is 9.83 Å². The first-order valence-electron chi connectivity index (χ1n) is 9.72. The van der Waals surface area contributed by atoms with Gasteiger partial charge in [-0.2, -0.15) is 9.64 Å². The summed E-state index contributed by atoms with van der Waals surface area (Å²) in [5.74, 6) is -0.156. The van der Waals surface area contributed by atoms with Gasteiger partial charge in [0.1, 0.15) is 26.2 Å². The number of nitro groups is 1. The highest BCUT2D eigenvalue weighted by molar-refractivity contribution is 14.0. The summed E-state index contributed by atoms with van der Waals surface area (Å²) in [5.41, 5.74) is 1.72. The fourth-order valence-electron chi connectivity index (χ4n) is 2.84. The number of aromatic nitrogens is 2. The molecule has 37 heavy (non-hydrogen) atoms. The number of hydrogen-bond acceptors (Lipinski definition) is 7. The van der Waals surface area contributed by atoms with Crippen molar-refractivity contribution in [2.75, 3.05) is 18.4 Å². The number of hydrogen-bond donors (Lipinski definition) is 2. The molecule has 1 fully saturated rings. The number of guanidine groups is 1. The standard InChI is InChI=1S/C11H5Cl2N3OS.C9H10ClN5O2.CH4.HI/c12-8-9(18-16-10(8)13)11(17)15-7-4-2-1-3-6(7)5-14;10-8-2-1-7(5-12-8)6-14-4-3-11-9(14)13-15(16)17;;/h1-4H,(H,15,17);1-2,5H,3-4,6H2,(H,11,13);1H4;1H. The third-order valence-electron chi connectivity index (χ3n) is 4.40. The molecule has 0 atom stereocenters. The molecular weight excluding hydrogens is 678 g/mol. The van der Waals surface area contributed by atoms with Crippen LogP contribution in [0.1, 0.15) is 28.2 Å². The zero-order valence-corrected chi connectivity index (χ0v) is 23.4. The van der Waals surface area contributed by atoms with Crippen LogP contribution in [0, 0.1) is 21.4 Å². The average Bonchev–Trinajstić information content (AvgIpc) is 3.41. The molecule has 0 bridgehead atoms. The summed E-state index contributed by atoms with van der Waals surface area (Å²) in [7, 11) is 0. The Kier molecular flexibility index (Phi) is 13.5. The minimum Gasteiger partial charge on any atom is -0.349 e. The van der Waals surface area contributed by atoms with E-state index in [0.29, 0.717) is 36.0 Å². The van der Waals surface area contributed by atoms with Crippen LogP contribution >= 0.6 is 70.3 Å². The third-order valence-corrected chi connectivity index (χ3v) is 6.42. The van der Waals surface area contributed by atoms with Crippen molar-refractivity contribution in [3.63, 3.8) is 0 Å². The molecule has 2 aromatic heterocycles. The lowest BCUT2D eigenvalue weighted by Gasteiger charge is -2.14. The van der Waals surface area contributed by atoms with E-state index in [2.05, 4.69) is 25.1 Å². The van der Waals surface area contributed by atoms with E-state index in [1.807, 2.05) is 12.1 Å². The molecule has 0 aliphatic carbocycles. The first kappa shape index (κ1) is 32.3. The van der Waals surface area contributed by atoms with E-state index < -0.39 is 10.9 Å². The quantitative estimate of drug-likeness (QED) is 0.153. The van der Waals surface area contributed by atoms with Gasteiger partial charge in [0.25, 0.3) is 11.9 Å². The minimum absolute atomic E-state index is 0. The highest BCUT2D eigenvalue weighted by Crippen LogP contribution is 2.29. The summed E-state index contributed by atoms with van der Waals surface area (Å²) in [4.78, 5) is 28.2. The Labute approximate surface area is 248 Å². The first-order chi connectivity index (χ1) is 16.8. The number of carbonyl (C=O) groups excluding carboxylic acids is 1. The molecule has 16 heteroatoms. The first-order valence-corrected chi connectivity index (χ1v) is 11.6. The van der Waals surface area contributed by atoms with Gasteiger partial charge in [0.05, 0.1) is 11.3 Å². The number of carbonyl (C=O) groups is 1. The number of anilines is 1. The lowest BCUT2D eigenvalue weighted by atomic mass is 10.2. The number of nitrogens with one attached hydrogen (secondary N) is 2.